The third-order valence-corrected chi connectivity index (χ3v) is 4.98. The van der Waals surface area contributed by atoms with Gasteiger partial charge in [-0.3, -0.25) is 14.6 Å². The van der Waals surface area contributed by atoms with Crippen LogP contribution in [0.4, 0.5) is 24.7 Å². The topological polar surface area (TPSA) is 84.4 Å². The maximum absolute atomic E-state index is 13.1. The Bertz CT molecular complexity index is 1080. The molecule has 2 amide bonds. The van der Waals surface area contributed by atoms with Crippen LogP contribution in [0.5, 0.6) is 5.75 Å². The highest BCUT2D eigenvalue weighted by atomic mass is 32.2. The zero-order chi connectivity index (χ0) is 23.1. The van der Waals surface area contributed by atoms with Gasteiger partial charge in [-0.1, -0.05) is 0 Å². The highest BCUT2D eigenvalue weighted by Gasteiger charge is 2.31. The summed E-state index contributed by atoms with van der Waals surface area (Å²) < 4.78 is 42.6. The number of rotatable bonds is 7. The van der Waals surface area contributed by atoms with Crippen LogP contribution in [0.25, 0.3) is 0 Å². The molecule has 0 bridgehead atoms. The molecule has 3 aromatic rings. The van der Waals surface area contributed by atoms with E-state index < -0.39 is 18.0 Å². The molecule has 3 rings (SSSR count). The quantitative estimate of drug-likeness (QED) is 0.507. The second-order valence-electron chi connectivity index (χ2n) is 6.39. The number of nitrogens with zero attached hydrogens (tertiary/aromatic N) is 3. The standard InChI is InChI=1S/C21H17F3N4O3S/c1-14(29)27-19-11-15(8-10-26-19)13-32-28(20(30)16-3-2-9-25-12-16)17-4-6-18(7-5-17)31-21(22,23)24/h2-12H,13H2,1H3,(H,26,27,29). The van der Waals surface area contributed by atoms with Crippen LogP contribution in [-0.2, 0) is 10.5 Å². The normalized spacial score (nSPS) is 11.0. The molecule has 0 spiro atoms. The Hall–Kier alpha value is -3.60. The summed E-state index contributed by atoms with van der Waals surface area (Å²) in [6, 6.07) is 11.6. The van der Waals surface area contributed by atoms with E-state index in [0.717, 1.165) is 29.6 Å². The Morgan fingerprint density at radius 2 is 1.88 bits per heavy atom. The number of anilines is 2. The Morgan fingerprint density at radius 3 is 2.50 bits per heavy atom. The summed E-state index contributed by atoms with van der Waals surface area (Å²) in [6.07, 6.45) is -0.359. The van der Waals surface area contributed by atoms with Crippen LogP contribution in [0.1, 0.15) is 22.8 Å². The van der Waals surface area contributed by atoms with E-state index in [9.17, 15) is 22.8 Å². The van der Waals surface area contributed by atoms with E-state index in [1.54, 1.807) is 24.3 Å². The first-order chi connectivity index (χ1) is 15.2. The van der Waals surface area contributed by atoms with Crippen molar-refractivity contribution >= 4 is 35.3 Å². The van der Waals surface area contributed by atoms with Gasteiger partial charge < -0.3 is 10.1 Å². The van der Waals surface area contributed by atoms with Crippen molar-refractivity contribution in [3.63, 3.8) is 0 Å². The minimum atomic E-state index is -4.81. The van der Waals surface area contributed by atoms with Gasteiger partial charge in [-0.05, 0) is 66.0 Å². The van der Waals surface area contributed by atoms with Crippen molar-refractivity contribution in [2.24, 2.45) is 0 Å². The number of alkyl halides is 3. The molecule has 166 valence electrons. The Morgan fingerprint density at radius 1 is 1.12 bits per heavy atom. The highest BCUT2D eigenvalue weighted by molar-refractivity contribution is 8.00. The van der Waals surface area contributed by atoms with Crippen LogP contribution in [0.3, 0.4) is 0 Å². The lowest BCUT2D eigenvalue weighted by atomic mass is 10.2. The molecule has 7 nitrogen and oxygen atoms in total. The molecule has 0 saturated heterocycles. The summed E-state index contributed by atoms with van der Waals surface area (Å²) in [5.41, 5.74) is 1.44. The van der Waals surface area contributed by atoms with Crippen LogP contribution >= 0.6 is 11.9 Å². The minimum Gasteiger partial charge on any atom is -0.406 e. The monoisotopic (exact) mass is 462 g/mol. The summed E-state index contributed by atoms with van der Waals surface area (Å²) in [5, 5.41) is 2.58. The SMILES string of the molecule is CC(=O)Nc1cc(CSN(C(=O)c2cccnc2)c2ccc(OC(F)(F)F)cc2)ccn1. The zero-order valence-corrected chi connectivity index (χ0v) is 17.5. The molecular formula is C21H17F3N4O3S. The van der Waals surface area contributed by atoms with E-state index in [4.69, 9.17) is 0 Å². The second kappa shape index (κ2) is 10.1. The van der Waals surface area contributed by atoms with Gasteiger partial charge in [0.2, 0.25) is 5.91 Å². The van der Waals surface area contributed by atoms with E-state index >= 15 is 0 Å². The number of aromatic nitrogens is 2. The van der Waals surface area contributed by atoms with Gasteiger partial charge in [0.15, 0.2) is 0 Å². The summed E-state index contributed by atoms with van der Waals surface area (Å²) >= 11 is 1.13. The van der Waals surface area contributed by atoms with Crippen LogP contribution in [0.15, 0.2) is 67.1 Å². The summed E-state index contributed by atoms with van der Waals surface area (Å²) in [7, 11) is 0. The number of carbonyl (C=O) groups excluding carboxylic acids is 2. The number of ether oxygens (including phenoxy) is 1. The molecular weight excluding hydrogens is 445 g/mol. The molecule has 0 saturated carbocycles. The smallest absolute Gasteiger partial charge is 0.406 e. The summed E-state index contributed by atoms with van der Waals surface area (Å²) in [5.74, 6) is -0.369. The van der Waals surface area contributed by atoms with Gasteiger partial charge in [-0.2, -0.15) is 0 Å². The van der Waals surface area contributed by atoms with Gasteiger partial charge in [0, 0.05) is 31.3 Å². The molecule has 0 fully saturated rings. The van der Waals surface area contributed by atoms with Gasteiger partial charge in [-0.15, -0.1) is 13.2 Å². The third kappa shape index (κ3) is 6.71. The number of nitrogens with one attached hydrogen (secondary N) is 1. The summed E-state index contributed by atoms with van der Waals surface area (Å²) in [4.78, 5) is 32.3. The lowest BCUT2D eigenvalue weighted by Crippen LogP contribution is -2.24. The fourth-order valence-corrected chi connectivity index (χ4v) is 3.54. The first-order valence-corrected chi connectivity index (χ1v) is 10.1. The van der Waals surface area contributed by atoms with Crippen molar-refractivity contribution in [1.82, 2.24) is 9.97 Å². The summed E-state index contributed by atoms with van der Waals surface area (Å²) in [6.45, 7) is 1.36. The van der Waals surface area contributed by atoms with Crippen molar-refractivity contribution in [3.8, 4) is 5.75 Å². The first-order valence-electron chi connectivity index (χ1n) is 9.17. The van der Waals surface area contributed by atoms with E-state index in [0.29, 0.717) is 22.8 Å². The molecule has 0 aliphatic rings. The van der Waals surface area contributed by atoms with E-state index in [1.807, 2.05) is 0 Å². The van der Waals surface area contributed by atoms with Crippen molar-refractivity contribution in [2.45, 2.75) is 19.0 Å². The Labute approximate surface area is 185 Å². The number of halogens is 3. The Balaban J connectivity index is 1.83. The molecule has 1 aromatic carbocycles. The maximum Gasteiger partial charge on any atom is 0.573 e. The predicted octanol–water partition coefficient (Wildman–Crippen LogP) is 4.83. The van der Waals surface area contributed by atoms with Gasteiger partial charge in [0.1, 0.15) is 11.6 Å². The van der Waals surface area contributed by atoms with Crippen LogP contribution in [0, 0.1) is 0 Å². The molecule has 0 aliphatic carbocycles. The first kappa shape index (κ1) is 23.1. The fraction of sp³-hybridized carbons (Fsp3) is 0.143. The molecule has 1 N–H and O–H groups in total. The number of amides is 2. The van der Waals surface area contributed by atoms with E-state index in [2.05, 4.69) is 20.0 Å². The average Bonchev–Trinajstić information content (AvgIpc) is 2.74. The number of benzene rings is 1. The lowest BCUT2D eigenvalue weighted by Gasteiger charge is -2.22. The van der Waals surface area contributed by atoms with Gasteiger partial charge >= 0.3 is 6.36 Å². The van der Waals surface area contributed by atoms with E-state index in [-0.39, 0.29) is 5.91 Å². The van der Waals surface area contributed by atoms with Crippen molar-refractivity contribution < 1.29 is 27.5 Å². The number of hydrogen-bond donors (Lipinski definition) is 1. The third-order valence-electron chi connectivity index (χ3n) is 3.89. The molecule has 0 atom stereocenters. The van der Waals surface area contributed by atoms with Gasteiger partial charge in [-0.25, -0.2) is 9.29 Å². The maximum atomic E-state index is 13.1. The molecule has 2 heterocycles. The van der Waals surface area contributed by atoms with Crippen LogP contribution < -0.4 is 14.4 Å². The number of hydrogen-bond acceptors (Lipinski definition) is 6. The molecule has 0 unspecified atom stereocenters. The lowest BCUT2D eigenvalue weighted by molar-refractivity contribution is -0.274. The van der Waals surface area contributed by atoms with Gasteiger partial charge in [0.25, 0.3) is 5.91 Å². The predicted molar refractivity (Wildman–Crippen MR) is 114 cm³/mol. The average molecular weight is 462 g/mol. The molecule has 2 aromatic heterocycles. The number of pyridine rings is 2. The largest absolute Gasteiger partial charge is 0.573 e. The van der Waals surface area contributed by atoms with Crippen molar-refractivity contribution in [3.05, 3.63) is 78.2 Å². The minimum absolute atomic E-state index is 0.267. The van der Waals surface area contributed by atoms with Crippen LogP contribution in [-0.4, -0.2) is 28.1 Å². The van der Waals surface area contributed by atoms with E-state index in [1.165, 1.54) is 42.0 Å². The Kier molecular flexibility index (Phi) is 7.31. The molecule has 32 heavy (non-hydrogen) atoms. The number of carbonyl (C=O) groups is 2. The van der Waals surface area contributed by atoms with Gasteiger partial charge in [0.05, 0.1) is 11.3 Å². The fourth-order valence-electron chi connectivity index (χ4n) is 2.59. The molecule has 0 radical (unpaired) electrons. The molecule has 11 heteroatoms. The molecule has 0 aliphatic heterocycles. The van der Waals surface area contributed by atoms with Crippen LogP contribution in [0.2, 0.25) is 0 Å². The van der Waals surface area contributed by atoms with Crippen molar-refractivity contribution in [1.29, 1.82) is 0 Å². The second-order valence-corrected chi connectivity index (χ2v) is 7.30. The van der Waals surface area contributed by atoms with Crippen molar-refractivity contribution in [2.75, 3.05) is 9.62 Å². The highest BCUT2D eigenvalue weighted by Crippen LogP contribution is 2.31. The zero-order valence-electron chi connectivity index (χ0n) is 16.7.